The van der Waals surface area contributed by atoms with Gasteiger partial charge < -0.3 is 16.0 Å². The molecule has 11 heteroatoms. The molecular formula is C27H23ClFN7O2. The van der Waals surface area contributed by atoms with Crippen molar-refractivity contribution in [2.45, 2.75) is 31.8 Å². The maximum atomic E-state index is 13.4. The molecule has 2 aliphatic rings. The van der Waals surface area contributed by atoms with Crippen LogP contribution in [-0.2, 0) is 16.1 Å². The molecular weight excluding hydrogens is 509 g/mol. The van der Waals surface area contributed by atoms with E-state index in [4.69, 9.17) is 16.6 Å². The minimum atomic E-state index is -0.398. The normalized spacial score (nSPS) is 16.2. The van der Waals surface area contributed by atoms with Crippen LogP contribution in [-0.4, -0.2) is 32.5 Å². The third-order valence-corrected chi connectivity index (χ3v) is 6.63. The first-order chi connectivity index (χ1) is 18.4. The van der Waals surface area contributed by atoms with Gasteiger partial charge in [0.1, 0.15) is 11.6 Å². The highest BCUT2D eigenvalue weighted by atomic mass is 35.5. The maximum Gasteiger partial charge on any atom is 0.254 e. The third kappa shape index (κ3) is 5.30. The van der Waals surface area contributed by atoms with Gasteiger partial charge in [0.25, 0.3) is 5.91 Å². The van der Waals surface area contributed by atoms with E-state index in [1.807, 2.05) is 18.2 Å². The van der Waals surface area contributed by atoms with Gasteiger partial charge in [-0.25, -0.2) is 13.9 Å². The van der Waals surface area contributed by atoms with E-state index in [-0.39, 0.29) is 18.1 Å². The molecule has 1 saturated carbocycles. The van der Waals surface area contributed by atoms with Crippen LogP contribution in [0.2, 0.25) is 5.02 Å². The number of imide groups is 1. The fourth-order valence-electron chi connectivity index (χ4n) is 4.23. The van der Waals surface area contributed by atoms with Gasteiger partial charge in [0.15, 0.2) is 5.65 Å². The Bertz CT molecular complexity index is 1610. The largest absolute Gasteiger partial charge is 0.382 e. The summed E-state index contributed by atoms with van der Waals surface area (Å²) >= 11 is 6.20. The van der Waals surface area contributed by atoms with Crippen LogP contribution in [0.1, 0.15) is 30.4 Å². The van der Waals surface area contributed by atoms with Crippen LogP contribution >= 0.6 is 11.6 Å². The summed E-state index contributed by atoms with van der Waals surface area (Å²) in [6.45, 7) is 0.430. The molecule has 9 nitrogen and oxygen atoms in total. The molecule has 3 heterocycles. The molecule has 2 amide bonds. The van der Waals surface area contributed by atoms with Gasteiger partial charge in [-0.15, -0.1) is 0 Å². The summed E-state index contributed by atoms with van der Waals surface area (Å²) in [6.07, 6.45) is 7.32. The monoisotopic (exact) mass is 531 g/mol. The van der Waals surface area contributed by atoms with Gasteiger partial charge in [0, 0.05) is 52.0 Å². The summed E-state index contributed by atoms with van der Waals surface area (Å²) < 4.78 is 15.0. The summed E-state index contributed by atoms with van der Waals surface area (Å²) in [6, 6.07) is 12.6. The molecule has 0 radical (unpaired) electrons. The third-order valence-electron chi connectivity index (χ3n) is 6.27. The molecule has 38 heavy (non-hydrogen) atoms. The van der Waals surface area contributed by atoms with Crippen molar-refractivity contribution in [1.29, 1.82) is 0 Å². The number of carbonyl (C=O) groups is 2. The minimum absolute atomic E-state index is 0.0355. The topological polar surface area (TPSA) is 112 Å². The number of nitrogens with one attached hydrogen (secondary N) is 4. The van der Waals surface area contributed by atoms with E-state index in [9.17, 15) is 14.0 Å². The predicted octanol–water partition coefficient (Wildman–Crippen LogP) is 4.88. The fourth-order valence-corrected chi connectivity index (χ4v) is 4.46. The SMILES string of the molecule is O=C1C/C(=C/c2cnn3ccc(Nc4cc(NCc5ccc(F)cc5Cl)cc(NC5CC5)c4)nc23)C(=O)N1. The van der Waals surface area contributed by atoms with E-state index in [1.54, 1.807) is 35.1 Å². The van der Waals surface area contributed by atoms with Gasteiger partial charge >= 0.3 is 0 Å². The number of fused-ring (bicyclic) bond motifs is 1. The lowest BCUT2D eigenvalue weighted by Gasteiger charge is -2.15. The van der Waals surface area contributed by atoms with Crippen LogP contribution in [0, 0.1) is 5.82 Å². The van der Waals surface area contributed by atoms with Gasteiger partial charge in [0.2, 0.25) is 5.91 Å². The number of rotatable bonds is 8. The van der Waals surface area contributed by atoms with Crippen LogP contribution in [0.3, 0.4) is 0 Å². The summed E-state index contributed by atoms with van der Waals surface area (Å²) in [5.41, 5.74) is 4.96. The lowest BCUT2D eigenvalue weighted by Crippen LogP contribution is -2.19. The fraction of sp³-hybridized carbons (Fsp3) is 0.185. The highest BCUT2D eigenvalue weighted by Crippen LogP contribution is 2.31. The first-order valence-electron chi connectivity index (χ1n) is 12.2. The molecule has 2 aromatic carbocycles. The molecule has 0 atom stereocenters. The molecule has 4 aromatic rings. The van der Waals surface area contributed by atoms with E-state index in [0.717, 1.165) is 35.5 Å². The first kappa shape index (κ1) is 23.9. The van der Waals surface area contributed by atoms with Crippen LogP contribution in [0.25, 0.3) is 11.7 Å². The van der Waals surface area contributed by atoms with Crippen molar-refractivity contribution < 1.29 is 14.0 Å². The Morgan fingerprint density at radius 3 is 2.68 bits per heavy atom. The average Bonchev–Trinajstić information content (AvgIpc) is 3.51. The highest BCUT2D eigenvalue weighted by molar-refractivity contribution is 6.31. The zero-order chi connectivity index (χ0) is 26.2. The molecule has 192 valence electrons. The van der Waals surface area contributed by atoms with Gasteiger partial charge in [-0.3, -0.25) is 14.9 Å². The summed E-state index contributed by atoms with van der Waals surface area (Å²) in [5.74, 6) is -0.507. The lowest BCUT2D eigenvalue weighted by atomic mass is 10.1. The van der Waals surface area contributed by atoms with Crippen molar-refractivity contribution in [3.63, 3.8) is 0 Å². The molecule has 0 spiro atoms. The van der Waals surface area contributed by atoms with Crippen molar-refractivity contribution in [2.24, 2.45) is 0 Å². The van der Waals surface area contributed by atoms with Gasteiger partial charge in [-0.2, -0.15) is 5.10 Å². The number of halogens is 2. The second-order valence-corrected chi connectivity index (χ2v) is 9.74. The Labute approximate surface area is 222 Å². The number of amides is 2. The molecule has 0 bridgehead atoms. The van der Waals surface area contributed by atoms with E-state index in [1.165, 1.54) is 12.1 Å². The Kier molecular flexibility index (Phi) is 6.16. The first-order valence-corrected chi connectivity index (χ1v) is 12.5. The Hall–Kier alpha value is -4.44. The zero-order valence-electron chi connectivity index (χ0n) is 20.1. The molecule has 0 unspecified atom stereocenters. The maximum absolute atomic E-state index is 13.4. The smallest absolute Gasteiger partial charge is 0.254 e. The molecule has 2 aromatic heterocycles. The molecule has 4 N–H and O–H groups in total. The van der Waals surface area contributed by atoms with Crippen LogP contribution in [0.15, 0.2) is 60.4 Å². The van der Waals surface area contributed by atoms with E-state index in [0.29, 0.717) is 40.2 Å². The number of nitrogens with zero attached hydrogens (tertiary/aromatic N) is 3. The van der Waals surface area contributed by atoms with Crippen molar-refractivity contribution in [3.8, 4) is 0 Å². The number of anilines is 4. The Morgan fingerprint density at radius 2 is 1.92 bits per heavy atom. The minimum Gasteiger partial charge on any atom is -0.382 e. The summed E-state index contributed by atoms with van der Waals surface area (Å²) in [5, 5.41) is 17.2. The second-order valence-electron chi connectivity index (χ2n) is 9.34. The molecule has 1 aliphatic heterocycles. The Balaban J connectivity index is 1.26. The zero-order valence-corrected chi connectivity index (χ0v) is 20.8. The summed E-state index contributed by atoms with van der Waals surface area (Å²) in [4.78, 5) is 28.2. The van der Waals surface area contributed by atoms with E-state index in [2.05, 4.69) is 26.4 Å². The van der Waals surface area contributed by atoms with E-state index < -0.39 is 5.91 Å². The van der Waals surface area contributed by atoms with E-state index >= 15 is 0 Å². The van der Waals surface area contributed by atoms with Crippen molar-refractivity contribution in [2.75, 3.05) is 16.0 Å². The van der Waals surface area contributed by atoms with Gasteiger partial charge in [-0.05, 0) is 60.9 Å². The van der Waals surface area contributed by atoms with Crippen LogP contribution in [0.4, 0.5) is 27.3 Å². The molecule has 1 aliphatic carbocycles. The number of aromatic nitrogens is 3. The molecule has 1 saturated heterocycles. The number of hydrogen-bond acceptors (Lipinski definition) is 7. The number of carbonyl (C=O) groups excluding carboxylic acids is 2. The van der Waals surface area contributed by atoms with Gasteiger partial charge in [-0.1, -0.05) is 17.7 Å². The standard InChI is InChI=1S/C27H23ClFN7O2/c28-23-9-18(29)2-1-15(23)13-30-20-10-21(32-19-3-4-19)12-22(11-20)33-24-5-6-36-26(34-24)17(14-31-36)7-16-8-25(37)35-27(16)38/h1-2,5-7,9-12,14,19,30,32H,3-4,8,13H2,(H,33,34)(H,35,37,38)/b16-7-. The average molecular weight is 532 g/mol. The quantitative estimate of drug-likeness (QED) is 0.189. The number of benzene rings is 2. The Morgan fingerprint density at radius 1 is 1.11 bits per heavy atom. The second kappa shape index (κ2) is 9.79. The highest BCUT2D eigenvalue weighted by Gasteiger charge is 2.24. The van der Waals surface area contributed by atoms with Crippen molar-refractivity contribution in [1.82, 2.24) is 19.9 Å². The van der Waals surface area contributed by atoms with Crippen LogP contribution in [0.5, 0.6) is 0 Å². The lowest BCUT2D eigenvalue weighted by molar-refractivity contribution is -0.124. The number of hydrogen-bond donors (Lipinski definition) is 4. The van der Waals surface area contributed by atoms with Gasteiger partial charge in [0.05, 0.1) is 12.6 Å². The molecule has 2 fully saturated rings. The van der Waals surface area contributed by atoms with Crippen molar-refractivity contribution >= 4 is 58.0 Å². The molecule has 6 rings (SSSR count). The van der Waals surface area contributed by atoms with Crippen molar-refractivity contribution in [3.05, 3.63) is 82.4 Å². The summed E-state index contributed by atoms with van der Waals surface area (Å²) in [7, 11) is 0. The van der Waals surface area contributed by atoms with Crippen LogP contribution < -0.4 is 21.3 Å². The predicted molar refractivity (Wildman–Crippen MR) is 144 cm³/mol.